The van der Waals surface area contributed by atoms with E-state index in [9.17, 15) is 14.0 Å². The van der Waals surface area contributed by atoms with Gasteiger partial charge in [0.15, 0.2) is 0 Å². The van der Waals surface area contributed by atoms with Crippen molar-refractivity contribution in [3.8, 4) is 0 Å². The third kappa shape index (κ3) is 5.45. The second-order valence-corrected chi connectivity index (χ2v) is 6.71. The van der Waals surface area contributed by atoms with Crippen LogP contribution in [-0.2, 0) is 0 Å². The van der Waals surface area contributed by atoms with Crippen LogP contribution in [0.2, 0.25) is 0 Å². The zero-order valence-electron chi connectivity index (χ0n) is 15.7. The van der Waals surface area contributed by atoms with Crippen LogP contribution in [0.4, 0.5) is 20.6 Å². The monoisotopic (exact) mass is 384 g/mol. The van der Waals surface area contributed by atoms with Gasteiger partial charge in [0.05, 0.1) is 5.56 Å². The van der Waals surface area contributed by atoms with Gasteiger partial charge in [0.2, 0.25) is 0 Å². The first-order chi connectivity index (χ1) is 13.6. The van der Waals surface area contributed by atoms with Gasteiger partial charge in [-0.1, -0.05) is 12.1 Å². The van der Waals surface area contributed by atoms with E-state index in [0.717, 1.165) is 18.8 Å². The molecule has 7 heteroatoms. The standard InChI is InChI=1S/C21H25FN4O2/c22-19-7-2-1-6-18(19)20(27)23-12-5-13-24-21(28)25-16-8-10-17(11-9-16)26-14-3-4-15-26/h1-2,6-11H,3-5,12-15H2,(H,23,27)(H2,24,25,28). The third-order valence-electron chi connectivity index (χ3n) is 4.64. The lowest BCUT2D eigenvalue weighted by Crippen LogP contribution is -2.32. The summed E-state index contributed by atoms with van der Waals surface area (Å²) in [6.07, 6.45) is 2.99. The highest BCUT2D eigenvalue weighted by Crippen LogP contribution is 2.21. The van der Waals surface area contributed by atoms with Crippen LogP contribution in [-0.4, -0.2) is 38.1 Å². The Labute approximate surface area is 164 Å². The molecule has 2 aromatic carbocycles. The van der Waals surface area contributed by atoms with Crippen molar-refractivity contribution < 1.29 is 14.0 Å². The van der Waals surface area contributed by atoms with E-state index in [2.05, 4.69) is 20.9 Å². The number of amides is 3. The normalized spacial score (nSPS) is 13.2. The molecular weight excluding hydrogens is 359 g/mol. The Morgan fingerprint density at radius 1 is 0.929 bits per heavy atom. The third-order valence-corrected chi connectivity index (χ3v) is 4.64. The summed E-state index contributed by atoms with van der Waals surface area (Å²) >= 11 is 0. The number of nitrogens with zero attached hydrogens (tertiary/aromatic N) is 1. The fourth-order valence-electron chi connectivity index (χ4n) is 3.14. The van der Waals surface area contributed by atoms with Gasteiger partial charge < -0.3 is 20.9 Å². The molecule has 0 aromatic heterocycles. The molecule has 0 bridgehead atoms. The second-order valence-electron chi connectivity index (χ2n) is 6.71. The van der Waals surface area contributed by atoms with Gasteiger partial charge in [-0.05, 0) is 55.7 Å². The van der Waals surface area contributed by atoms with Gasteiger partial charge in [-0.3, -0.25) is 4.79 Å². The Bertz CT molecular complexity index is 804. The molecule has 28 heavy (non-hydrogen) atoms. The van der Waals surface area contributed by atoms with Crippen molar-refractivity contribution in [2.45, 2.75) is 19.3 Å². The predicted molar refractivity (Wildman–Crippen MR) is 108 cm³/mol. The molecule has 0 atom stereocenters. The highest BCUT2D eigenvalue weighted by atomic mass is 19.1. The first-order valence-electron chi connectivity index (χ1n) is 9.56. The van der Waals surface area contributed by atoms with Gasteiger partial charge in [0.25, 0.3) is 5.91 Å². The van der Waals surface area contributed by atoms with Crippen LogP contribution in [0.15, 0.2) is 48.5 Å². The highest BCUT2D eigenvalue weighted by molar-refractivity contribution is 5.94. The summed E-state index contributed by atoms with van der Waals surface area (Å²) in [6, 6.07) is 13.3. The lowest BCUT2D eigenvalue weighted by Gasteiger charge is -2.17. The Hall–Kier alpha value is -3.09. The van der Waals surface area contributed by atoms with Crippen molar-refractivity contribution in [1.82, 2.24) is 10.6 Å². The molecule has 0 aliphatic carbocycles. The minimum atomic E-state index is -0.548. The molecule has 6 nitrogen and oxygen atoms in total. The maximum Gasteiger partial charge on any atom is 0.319 e. The molecule has 3 rings (SSSR count). The Kier molecular flexibility index (Phi) is 6.84. The number of benzene rings is 2. The van der Waals surface area contributed by atoms with E-state index in [0.29, 0.717) is 19.5 Å². The zero-order valence-corrected chi connectivity index (χ0v) is 15.7. The zero-order chi connectivity index (χ0) is 19.8. The van der Waals surface area contributed by atoms with E-state index in [1.54, 1.807) is 6.07 Å². The molecule has 148 valence electrons. The number of hydrogen-bond donors (Lipinski definition) is 3. The Morgan fingerprint density at radius 3 is 2.32 bits per heavy atom. The lowest BCUT2D eigenvalue weighted by atomic mass is 10.2. The van der Waals surface area contributed by atoms with Crippen LogP contribution < -0.4 is 20.9 Å². The quantitative estimate of drug-likeness (QED) is 0.641. The fourth-order valence-corrected chi connectivity index (χ4v) is 3.14. The Balaban J connectivity index is 1.33. The largest absolute Gasteiger partial charge is 0.372 e. The summed E-state index contributed by atoms with van der Waals surface area (Å²) in [5, 5.41) is 8.17. The highest BCUT2D eigenvalue weighted by Gasteiger charge is 2.12. The van der Waals surface area contributed by atoms with E-state index in [1.807, 2.05) is 24.3 Å². The number of rotatable bonds is 7. The van der Waals surface area contributed by atoms with E-state index >= 15 is 0 Å². The maximum absolute atomic E-state index is 13.5. The van der Waals surface area contributed by atoms with Gasteiger partial charge in [-0.15, -0.1) is 0 Å². The SMILES string of the molecule is O=C(NCCCNC(=O)c1ccccc1F)Nc1ccc(N2CCCC2)cc1. The van der Waals surface area contributed by atoms with E-state index in [-0.39, 0.29) is 11.6 Å². The maximum atomic E-state index is 13.5. The molecule has 0 saturated carbocycles. The molecule has 0 spiro atoms. The second kappa shape index (κ2) is 9.73. The van der Waals surface area contributed by atoms with Crippen molar-refractivity contribution in [3.05, 3.63) is 59.9 Å². The van der Waals surface area contributed by atoms with Crippen LogP contribution in [0.5, 0.6) is 0 Å². The smallest absolute Gasteiger partial charge is 0.319 e. The number of urea groups is 1. The molecule has 3 N–H and O–H groups in total. The average Bonchev–Trinajstić information content (AvgIpc) is 3.23. The van der Waals surface area contributed by atoms with Crippen LogP contribution >= 0.6 is 0 Å². The van der Waals surface area contributed by atoms with Crippen molar-refractivity contribution in [2.75, 3.05) is 36.4 Å². The molecule has 1 heterocycles. The number of hydrogen-bond acceptors (Lipinski definition) is 3. The number of carbonyl (C=O) groups is 2. The number of halogens is 1. The Morgan fingerprint density at radius 2 is 1.61 bits per heavy atom. The van der Waals surface area contributed by atoms with Gasteiger partial charge in [-0.25, -0.2) is 9.18 Å². The first-order valence-corrected chi connectivity index (χ1v) is 9.56. The summed E-state index contributed by atoms with van der Waals surface area (Å²) in [6.45, 7) is 2.91. The molecule has 1 aliphatic heterocycles. The molecule has 1 saturated heterocycles. The topological polar surface area (TPSA) is 73.5 Å². The summed E-state index contributed by atoms with van der Waals surface area (Å²) < 4.78 is 13.5. The summed E-state index contributed by atoms with van der Waals surface area (Å²) in [5.74, 6) is -1.01. The minimum absolute atomic E-state index is 0.0191. The molecular formula is C21H25FN4O2. The van der Waals surface area contributed by atoms with Crippen molar-refractivity contribution >= 4 is 23.3 Å². The molecule has 0 unspecified atom stereocenters. The van der Waals surface area contributed by atoms with Crippen LogP contribution in [0, 0.1) is 5.82 Å². The van der Waals surface area contributed by atoms with Crippen LogP contribution in [0.1, 0.15) is 29.6 Å². The van der Waals surface area contributed by atoms with Gasteiger partial charge >= 0.3 is 6.03 Å². The van der Waals surface area contributed by atoms with Crippen molar-refractivity contribution in [1.29, 1.82) is 0 Å². The fraction of sp³-hybridized carbons (Fsp3) is 0.333. The van der Waals surface area contributed by atoms with Crippen molar-refractivity contribution in [2.24, 2.45) is 0 Å². The number of anilines is 2. The average molecular weight is 384 g/mol. The van der Waals surface area contributed by atoms with E-state index in [4.69, 9.17) is 0 Å². The van der Waals surface area contributed by atoms with Crippen molar-refractivity contribution in [3.63, 3.8) is 0 Å². The molecule has 1 fully saturated rings. The van der Waals surface area contributed by atoms with E-state index in [1.165, 1.54) is 36.7 Å². The summed E-state index contributed by atoms with van der Waals surface area (Å²) in [7, 11) is 0. The molecule has 2 aromatic rings. The molecule has 3 amide bonds. The van der Waals surface area contributed by atoms with Gasteiger partial charge in [-0.2, -0.15) is 0 Å². The van der Waals surface area contributed by atoms with Crippen LogP contribution in [0.25, 0.3) is 0 Å². The van der Waals surface area contributed by atoms with Crippen LogP contribution in [0.3, 0.4) is 0 Å². The van der Waals surface area contributed by atoms with Gasteiger partial charge in [0.1, 0.15) is 5.82 Å². The molecule has 0 radical (unpaired) electrons. The van der Waals surface area contributed by atoms with E-state index < -0.39 is 11.7 Å². The number of nitrogens with one attached hydrogen (secondary N) is 3. The molecule has 1 aliphatic rings. The minimum Gasteiger partial charge on any atom is -0.372 e. The summed E-state index contributed by atoms with van der Waals surface area (Å²) in [4.78, 5) is 26.2. The predicted octanol–water partition coefficient (Wildman–Crippen LogP) is 3.37. The first kappa shape index (κ1) is 19.7. The number of carbonyl (C=O) groups excluding carboxylic acids is 2. The van der Waals surface area contributed by atoms with Gasteiger partial charge in [0, 0.05) is 37.6 Å². The lowest BCUT2D eigenvalue weighted by molar-refractivity contribution is 0.0949. The summed E-state index contributed by atoms with van der Waals surface area (Å²) in [5.41, 5.74) is 1.92.